The number of carbonyl (C=O) groups excluding carboxylic acids is 2. The van der Waals surface area contributed by atoms with E-state index in [1.807, 2.05) is 26.0 Å². The number of hydrogen-bond acceptors (Lipinski definition) is 2. The molecule has 0 heterocycles. The molecule has 0 radical (unpaired) electrons. The second-order valence-electron chi connectivity index (χ2n) is 7.51. The first-order valence-electron chi connectivity index (χ1n) is 9.22. The molecule has 2 N–H and O–H groups in total. The van der Waals surface area contributed by atoms with Crippen LogP contribution >= 0.6 is 0 Å². The van der Waals surface area contributed by atoms with Crippen LogP contribution in [0.5, 0.6) is 0 Å². The van der Waals surface area contributed by atoms with E-state index in [1.54, 1.807) is 0 Å². The Morgan fingerprint density at radius 2 is 1.46 bits per heavy atom. The average Bonchev–Trinajstić information content (AvgIpc) is 3.31. The SMILES string of the molecule is Cc1cc(C)cc(NC(=O)C2CC2C(=O)NC2CCCCCC2)c1. The highest BCUT2D eigenvalue weighted by Gasteiger charge is 2.48. The third-order valence-electron chi connectivity index (χ3n) is 5.15. The summed E-state index contributed by atoms with van der Waals surface area (Å²) in [5.41, 5.74) is 3.08. The first-order valence-corrected chi connectivity index (χ1v) is 9.22. The topological polar surface area (TPSA) is 58.2 Å². The van der Waals surface area contributed by atoms with E-state index in [0.717, 1.165) is 29.7 Å². The number of amides is 2. The fraction of sp³-hybridized carbons (Fsp3) is 0.600. The zero-order valence-electron chi connectivity index (χ0n) is 14.7. The van der Waals surface area contributed by atoms with Crippen LogP contribution in [0.2, 0.25) is 0 Å². The van der Waals surface area contributed by atoms with Crippen molar-refractivity contribution in [2.75, 3.05) is 5.32 Å². The minimum Gasteiger partial charge on any atom is -0.353 e. The average molecular weight is 328 g/mol. The predicted octanol–water partition coefficient (Wildman–Crippen LogP) is 3.72. The van der Waals surface area contributed by atoms with Crippen LogP contribution in [-0.4, -0.2) is 17.9 Å². The summed E-state index contributed by atoms with van der Waals surface area (Å²) < 4.78 is 0. The van der Waals surface area contributed by atoms with Crippen molar-refractivity contribution in [2.24, 2.45) is 11.8 Å². The van der Waals surface area contributed by atoms with Gasteiger partial charge in [-0.1, -0.05) is 31.7 Å². The number of benzene rings is 1. The van der Waals surface area contributed by atoms with Gasteiger partial charge in [0.25, 0.3) is 0 Å². The van der Waals surface area contributed by atoms with Gasteiger partial charge in [0, 0.05) is 11.7 Å². The van der Waals surface area contributed by atoms with Crippen LogP contribution in [0.25, 0.3) is 0 Å². The van der Waals surface area contributed by atoms with Gasteiger partial charge in [-0.2, -0.15) is 0 Å². The van der Waals surface area contributed by atoms with E-state index >= 15 is 0 Å². The molecule has 1 aromatic rings. The molecular formula is C20H28N2O2. The first-order chi connectivity index (χ1) is 11.5. The van der Waals surface area contributed by atoms with Crippen LogP contribution in [0.1, 0.15) is 56.1 Å². The summed E-state index contributed by atoms with van der Waals surface area (Å²) in [5.74, 6) is -0.265. The van der Waals surface area contributed by atoms with Gasteiger partial charge in [0.1, 0.15) is 0 Å². The van der Waals surface area contributed by atoms with Crippen molar-refractivity contribution in [1.29, 1.82) is 0 Å². The molecule has 2 fully saturated rings. The van der Waals surface area contributed by atoms with Gasteiger partial charge in [-0.15, -0.1) is 0 Å². The molecule has 1 aromatic carbocycles. The molecule has 2 atom stereocenters. The second-order valence-corrected chi connectivity index (χ2v) is 7.51. The van der Waals surface area contributed by atoms with Gasteiger partial charge in [0.15, 0.2) is 0 Å². The number of anilines is 1. The largest absolute Gasteiger partial charge is 0.353 e. The Labute approximate surface area is 144 Å². The van der Waals surface area contributed by atoms with Crippen LogP contribution in [0, 0.1) is 25.7 Å². The molecule has 130 valence electrons. The van der Waals surface area contributed by atoms with Gasteiger partial charge >= 0.3 is 0 Å². The summed E-state index contributed by atoms with van der Waals surface area (Å²) >= 11 is 0. The summed E-state index contributed by atoms with van der Waals surface area (Å²) in [7, 11) is 0. The lowest BCUT2D eigenvalue weighted by molar-refractivity contribution is -0.125. The van der Waals surface area contributed by atoms with Crippen molar-refractivity contribution >= 4 is 17.5 Å². The second kappa shape index (κ2) is 7.37. The highest BCUT2D eigenvalue weighted by atomic mass is 16.2. The van der Waals surface area contributed by atoms with Crippen LogP contribution in [0.3, 0.4) is 0 Å². The Hall–Kier alpha value is -1.84. The van der Waals surface area contributed by atoms with Gasteiger partial charge in [-0.25, -0.2) is 0 Å². The molecule has 0 bridgehead atoms. The standard InChI is InChI=1S/C20H28N2O2/c1-13-9-14(2)11-16(10-13)22-20(24)18-12-17(18)19(23)21-15-7-5-3-4-6-8-15/h9-11,15,17-18H,3-8,12H2,1-2H3,(H,21,23)(H,22,24). The van der Waals surface area contributed by atoms with Gasteiger partial charge in [0.2, 0.25) is 11.8 Å². The van der Waals surface area contributed by atoms with E-state index in [0.29, 0.717) is 12.5 Å². The minimum atomic E-state index is -0.170. The van der Waals surface area contributed by atoms with E-state index < -0.39 is 0 Å². The van der Waals surface area contributed by atoms with E-state index in [1.165, 1.54) is 25.7 Å². The molecule has 4 heteroatoms. The maximum atomic E-state index is 12.4. The zero-order chi connectivity index (χ0) is 17.1. The van der Waals surface area contributed by atoms with Crippen LogP contribution < -0.4 is 10.6 Å². The number of hydrogen-bond donors (Lipinski definition) is 2. The van der Waals surface area contributed by atoms with Crippen molar-refractivity contribution < 1.29 is 9.59 Å². The van der Waals surface area contributed by atoms with E-state index in [4.69, 9.17) is 0 Å². The van der Waals surface area contributed by atoms with Crippen LogP contribution in [0.4, 0.5) is 5.69 Å². The van der Waals surface area contributed by atoms with E-state index in [2.05, 4.69) is 16.7 Å². The van der Waals surface area contributed by atoms with Gasteiger partial charge in [0.05, 0.1) is 11.8 Å². The number of carbonyl (C=O) groups is 2. The summed E-state index contributed by atoms with van der Waals surface area (Å²) in [6.07, 6.45) is 7.79. The normalized spacial score (nSPS) is 24.1. The Kier molecular flexibility index (Phi) is 5.22. The van der Waals surface area contributed by atoms with Crippen molar-refractivity contribution in [2.45, 2.75) is 64.8 Å². The van der Waals surface area contributed by atoms with Gasteiger partial charge in [-0.3, -0.25) is 9.59 Å². The van der Waals surface area contributed by atoms with Gasteiger partial charge < -0.3 is 10.6 Å². The molecule has 24 heavy (non-hydrogen) atoms. The number of aryl methyl sites for hydroxylation is 2. The van der Waals surface area contributed by atoms with Crippen molar-refractivity contribution in [3.8, 4) is 0 Å². The minimum absolute atomic E-state index is 0.0268. The first kappa shape index (κ1) is 17.0. The van der Waals surface area contributed by atoms with Crippen molar-refractivity contribution in [1.82, 2.24) is 5.32 Å². The Bertz CT molecular complexity index is 598. The molecule has 2 amide bonds. The third-order valence-corrected chi connectivity index (χ3v) is 5.15. The molecule has 0 aromatic heterocycles. The number of nitrogens with one attached hydrogen (secondary N) is 2. The molecule has 2 aliphatic carbocycles. The molecule has 3 rings (SSSR count). The molecule has 2 unspecified atom stereocenters. The Balaban J connectivity index is 1.50. The molecular weight excluding hydrogens is 300 g/mol. The Morgan fingerprint density at radius 3 is 2.08 bits per heavy atom. The summed E-state index contributed by atoms with van der Waals surface area (Å²) in [5, 5.41) is 6.13. The molecule has 0 aliphatic heterocycles. The molecule has 4 nitrogen and oxygen atoms in total. The van der Waals surface area contributed by atoms with Crippen LogP contribution in [0.15, 0.2) is 18.2 Å². The summed E-state index contributed by atoms with van der Waals surface area (Å²) in [4.78, 5) is 24.7. The fourth-order valence-corrected chi connectivity index (χ4v) is 3.79. The quantitative estimate of drug-likeness (QED) is 0.828. The number of rotatable bonds is 4. The highest BCUT2D eigenvalue weighted by Crippen LogP contribution is 2.40. The summed E-state index contributed by atoms with van der Waals surface area (Å²) in [6.45, 7) is 4.03. The predicted molar refractivity (Wildman–Crippen MR) is 95.8 cm³/mol. The zero-order valence-corrected chi connectivity index (χ0v) is 14.7. The van der Waals surface area contributed by atoms with Crippen molar-refractivity contribution in [3.05, 3.63) is 29.3 Å². The third kappa shape index (κ3) is 4.37. The van der Waals surface area contributed by atoms with E-state index in [9.17, 15) is 9.59 Å². The maximum absolute atomic E-state index is 12.4. The highest BCUT2D eigenvalue weighted by molar-refractivity contribution is 5.99. The molecule has 0 saturated heterocycles. The van der Waals surface area contributed by atoms with Crippen LogP contribution in [-0.2, 0) is 9.59 Å². The lowest BCUT2D eigenvalue weighted by Gasteiger charge is -2.16. The molecule has 0 spiro atoms. The summed E-state index contributed by atoms with van der Waals surface area (Å²) in [6, 6.07) is 6.32. The monoisotopic (exact) mass is 328 g/mol. The fourth-order valence-electron chi connectivity index (χ4n) is 3.79. The lowest BCUT2D eigenvalue weighted by atomic mass is 10.1. The Morgan fingerprint density at radius 1 is 0.875 bits per heavy atom. The maximum Gasteiger partial charge on any atom is 0.228 e. The lowest BCUT2D eigenvalue weighted by Crippen LogP contribution is -2.36. The molecule has 2 aliphatic rings. The van der Waals surface area contributed by atoms with Crippen molar-refractivity contribution in [3.63, 3.8) is 0 Å². The smallest absolute Gasteiger partial charge is 0.228 e. The van der Waals surface area contributed by atoms with Gasteiger partial charge in [-0.05, 0) is 56.4 Å². The van der Waals surface area contributed by atoms with E-state index in [-0.39, 0.29) is 23.7 Å². The molecule has 2 saturated carbocycles.